The summed E-state index contributed by atoms with van der Waals surface area (Å²) >= 11 is 0. The minimum absolute atomic E-state index is 0.00469. The maximum atomic E-state index is 12.0. The maximum absolute atomic E-state index is 12.0. The molecule has 102 valence electrons. The standard InChI is InChI=1S/C15H14N2O3/c16-11-4-5-13-14(7-11)20-9-15(19)17(13)8-10-2-1-3-12(18)6-10/h1-7,18H,8-9,16H2. The fraction of sp³-hybridized carbons (Fsp3) is 0.133. The highest BCUT2D eigenvalue weighted by atomic mass is 16.5. The van der Waals surface area contributed by atoms with Gasteiger partial charge in [-0.1, -0.05) is 12.1 Å². The zero-order valence-corrected chi connectivity index (χ0v) is 10.7. The van der Waals surface area contributed by atoms with E-state index >= 15 is 0 Å². The van der Waals surface area contributed by atoms with Crippen LogP contribution >= 0.6 is 0 Å². The Labute approximate surface area is 116 Å². The van der Waals surface area contributed by atoms with E-state index in [9.17, 15) is 9.90 Å². The van der Waals surface area contributed by atoms with Crippen molar-refractivity contribution in [3.8, 4) is 11.5 Å². The van der Waals surface area contributed by atoms with Crippen LogP contribution < -0.4 is 15.4 Å². The molecule has 2 aromatic rings. The summed E-state index contributed by atoms with van der Waals surface area (Å²) < 4.78 is 5.39. The number of anilines is 2. The van der Waals surface area contributed by atoms with Gasteiger partial charge in [-0.3, -0.25) is 4.79 Å². The number of hydrogen-bond acceptors (Lipinski definition) is 4. The minimum atomic E-state index is -0.120. The average Bonchev–Trinajstić information content (AvgIpc) is 2.42. The molecule has 0 saturated heterocycles. The Morgan fingerprint density at radius 3 is 2.90 bits per heavy atom. The summed E-state index contributed by atoms with van der Waals surface area (Å²) in [7, 11) is 0. The van der Waals surface area contributed by atoms with E-state index in [1.807, 2.05) is 6.07 Å². The Bertz CT molecular complexity index is 670. The van der Waals surface area contributed by atoms with Crippen molar-refractivity contribution in [2.45, 2.75) is 6.54 Å². The Balaban J connectivity index is 1.95. The summed E-state index contributed by atoms with van der Waals surface area (Å²) in [5.41, 5.74) is 7.85. The molecule has 3 rings (SSSR count). The monoisotopic (exact) mass is 270 g/mol. The van der Waals surface area contributed by atoms with Gasteiger partial charge in [0, 0.05) is 11.8 Å². The fourth-order valence-corrected chi connectivity index (χ4v) is 2.23. The largest absolute Gasteiger partial charge is 0.508 e. The highest BCUT2D eigenvalue weighted by Gasteiger charge is 2.25. The first kappa shape index (κ1) is 12.3. The summed E-state index contributed by atoms with van der Waals surface area (Å²) in [5, 5.41) is 9.50. The lowest BCUT2D eigenvalue weighted by atomic mass is 10.1. The topological polar surface area (TPSA) is 75.8 Å². The second-order valence-electron chi connectivity index (χ2n) is 4.67. The third-order valence-electron chi connectivity index (χ3n) is 3.18. The molecular weight excluding hydrogens is 256 g/mol. The van der Waals surface area contributed by atoms with Crippen molar-refractivity contribution in [3.05, 3.63) is 48.0 Å². The molecule has 0 bridgehead atoms. The second kappa shape index (κ2) is 4.77. The van der Waals surface area contributed by atoms with E-state index in [0.29, 0.717) is 23.7 Å². The van der Waals surface area contributed by atoms with Crippen LogP contribution in [0.5, 0.6) is 11.5 Å². The van der Waals surface area contributed by atoms with Gasteiger partial charge >= 0.3 is 0 Å². The first-order valence-corrected chi connectivity index (χ1v) is 6.24. The van der Waals surface area contributed by atoms with Crippen molar-refractivity contribution in [2.75, 3.05) is 17.2 Å². The lowest BCUT2D eigenvalue weighted by Gasteiger charge is -2.29. The average molecular weight is 270 g/mol. The Morgan fingerprint density at radius 2 is 2.10 bits per heavy atom. The number of nitrogens with zero attached hydrogens (tertiary/aromatic N) is 1. The number of nitrogens with two attached hydrogens (primary N) is 1. The van der Waals surface area contributed by atoms with Gasteiger partial charge in [0.1, 0.15) is 11.5 Å². The predicted octanol–water partition coefficient (Wildman–Crippen LogP) is 1.90. The van der Waals surface area contributed by atoms with Gasteiger partial charge in [-0.05, 0) is 29.8 Å². The fourth-order valence-electron chi connectivity index (χ4n) is 2.23. The summed E-state index contributed by atoms with van der Waals surface area (Å²) in [6.07, 6.45) is 0. The van der Waals surface area contributed by atoms with Gasteiger partial charge in [-0.15, -0.1) is 0 Å². The molecule has 0 unspecified atom stereocenters. The molecule has 5 heteroatoms. The molecule has 1 aliphatic heterocycles. The van der Waals surface area contributed by atoms with E-state index in [1.54, 1.807) is 41.3 Å². The van der Waals surface area contributed by atoms with E-state index in [0.717, 1.165) is 5.56 Å². The number of fused-ring (bicyclic) bond motifs is 1. The van der Waals surface area contributed by atoms with Gasteiger partial charge in [0.25, 0.3) is 5.91 Å². The molecule has 1 amide bonds. The van der Waals surface area contributed by atoms with E-state index in [4.69, 9.17) is 10.5 Å². The van der Waals surface area contributed by atoms with Crippen LogP contribution in [-0.2, 0) is 11.3 Å². The third kappa shape index (κ3) is 2.25. The number of phenolic OH excluding ortho intramolecular Hbond substituents is 1. The van der Waals surface area contributed by atoms with Crippen LogP contribution in [0.2, 0.25) is 0 Å². The van der Waals surface area contributed by atoms with Crippen LogP contribution in [0, 0.1) is 0 Å². The number of aromatic hydroxyl groups is 1. The van der Waals surface area contributed by atoms with Crippen molar-refractivity contribution in [3.63, 3.8) is 0 Å². The number of carbonyl (C=O) groups excluding carboxylic acids is 1. The normalized spacial score (nSPS) is 13.8. The molecule has 5 nitrogen and oxygen atoms in total. The quantitative estimate of drug-likeness (QED) is 0.817. The van der Waals surface area contributed by atoms with Gasteiger partial charge in [-0.2, -0.15) is 0 Å². The van der Waals surface area contributed by atoms with Gasteiger partial charge < -0.3 is 20.5 Å². The number of phenols is 1. The summed E-state index contributed by atoms with van der Waals surface area (Å²) in [5.74, 6) is 0.663. The highest BCUT2D eigenvalue weighted by Crippen LogP contribution is 2.34. The van der Waals surface area contributed by atoms with Crippen LogP contribution in [0.25, 0.3) is 0 Å². The van der Waals surface area contributed by atoms with Crippen molar-refractivity contribution < 1.29 is 14.6 Å². The molecule has 0 radical (unpaired) electrons. The van der Waals surface area contributed by atoms with Gasteiger partial charge in [0.05, 0.1) is 12.2 Å². The summed E-state index contributed by atoms with van der Waals surface area (Å²) in [6, 6.07) is 12.1. The molecular formula is C15H14N2O3. The number of carbonyl (C=O) groups is 1. The first-order chi connectivity index (χ1) is 9.63. The molecule has 1 aliphatic rings. The minimum Gasteiger partial charge on any atom is -0.508 e. The number of nitrogen functional groups attached to an aromatic ring is 1. The van der Waals surface area contributed by atoms with Gasteiger partial charge in [-0.25, -0.2) is 0 Å². The summed E-state index contributed by atoms with van der Waals surface area (Å²) in [4.78, 5) is 13.7. The van der Waals surface area contributed by atoms with Crippen LogP contribution in [0.15, 0.2) is 42.5 Å². The van der Waals surface area contributed by atoms with E-state index < -0.39 is 0 Å². The highest BCUT2D eigenvalue weighted by molar-refractivity contribution is 5.98. The molecule has 20 heavy (non-hydrogen) atoms. The van der Waals surface area contributed by atoms with E-state index in [1.165, 1.54) is 0 Å². The Kier molecular flexibility index (Phi) is 2.95. The van der Waals surface area contributed by atoms with Gasteiger partial charge in [0.15, 0.2) is 6.61 Å². The Morgan fingerprint density at radius 1 is 1.25 bits per heavy atom. The van der Waals surface area contributed by atoms with Crippen molar-refractivity contribution in [1.29, 1.82) is 0 Å². The molecule has 0 aromatic heterocycles. The van der Waals surface area contributed by atoms with Crippen molar-refractivity contribution in [2.24, 2.45) is 0 Å². The number of hydrogen-bond donors (Lipinski definition) is 2. The van der Waals surface area contributed by atoms with Crippen molar-refractivity contribution in [1.82, 2.24) is 0 Å². The maximum Gasteiger partial charge on any atom is 0.265 e. The van der Waals surface area contributed by atoms with E-state index in [2.05, 4.69) is 0 Å². The molecule has 3 N–H and O–H groups in total. The molecule has 0 fully saturated rings. The molecule has 1 heterocycles. The first-order valence-electron chi connectivity index (χ1n) is 6.24. The van der Waals surface area contributed by atoms with Crippen LogP contribution in [-0.4, -0.2) is 17.6 Å². The van der Waals surface area contributed by atoms with E-state index in [-0.39, 0.29) is 18.3 Å². The van der Waals surface area contributed by atoms with Crippen LogP contribution in [0.1, 0.15) is 5.56 Å². The molecule has 0 saturated carbocycles. The smallest absolute Gasteiger partial charge is 0.265 e. The molecule has 0 aliphatic carbocycles. The predicted molar refractivity (Wildman–Crippen MR) is 75.6 cm³/mol. The zero-order chi connectivity index (χ0) is 14.1. The zero-order valence-electron chi connectivity index (χ0n) is 10.7. The van der Waals surface area contributed by atoms with Gasteiger partial charge in [0.2, 0.25) is 0 Å². The molecule has 2 aromatic carbocycles. The SMILES string of the molecule is Nc1ccc2c(c1)OCC(=O)N2Cc1cccc(O)c1. The number of rotatable bonds is 2. The molecule has 0 atom stereocenters. The third-order valence-corrected chi connectivity index (χ3v) is 3.18. The number of ether oxygens (including phenoxy) is 1. The van der Waals surface area contributed by atoms with Crippen LogP contribution in [0.3, 0.4) is 0 Å². The second-order valence-corrected chi connectivity index (χ2v) is 4.67. The van der Waals surface area contributed by atoms with Crippen LogP contribution in [0.4, 0.5) is 11.4 Å². The lowest BCUT2D eigenvalue weighted by Crippen LogP contribution is -2.38. The number of benzene rings is 2. The Hall–Kier alpha value is -2.69. The van der Waals surface area contributed by atoms with Crippen molar-refractivity contribution >= 4 is 17.3 Å². The summed E-state index contributed by atoms with van der Waals surface area (Å²) in [6.45, 7) is 0.378. The lowest BCUT2D eigenvalue weighted by molar-refractivity contribution is -0.121. The molecule has 0 spiro atoms. The number of amides is 1.